The first kappa shape index (κ1) is 13.4. The molecule has 0 aliphatic heterocycles. The van der Waals surface area contributed by atoms with Crippen molar-refractivity contribution in [2.45, 2.75) is 20.0 Å². The Balaban J connectivity index is 3.09. The molecular weight excluding hydrogens is 186 g/mol. The second-order valence-corrected chi connectivity index (χ2v) is 2.91. The number of carbonyl (C=O) groups excluding carboxylic acids is 1. The van der Waals surface area contributed by atoms with E-state index in [1.807, 2.05) is 0 Å². The van der Waals surface area contributed by atoms with E-state index in [2.05, 4.69) is 10.1 Å². The zero-order chi connectivity index (χ0) is 10.8. The molecule has 0 saturated heterocycles. The van der Waals surface area contributed by atoms with Gasteiger partial charge in [-0.1, -0.05) is 0 Å². The number of nitrogens with one attached hydrogen (secondary N) is 1. The topological polar surface area (TPSA) is 67.8 Å². The van der Waals surface area contributed by atoms with Crippen LogP contribution >= 0.6 is 0 Å². The van der Waals surface area contributed by atoms with Crippen LogP contribution < -0.4 is 5.32 Å². The summed E-state index contributed by atoms with van der Waals surface area (Å²) < 4.78 is 9.67. The largest absolute Gasteiger partial charge is 0.464 e. The van der Waals surface area contributed by atoms with Crippen molar-refractivity contribution in [2.75, 3.05) is 32.9 Å². The molecule has 5 heteroatoms. The number of rotatable bonds is 8. The highest BCUT2D eigenvalue weighted by Gasteiger charge is 2.00. The molecule has 1 atom stereocenters. The van der Waals surface area contributed by atoms with Gasteiger partial charge in [-0.2, -0.15) is 0 Å². The van der Waals surface area contributed by atoms with Crippen LogP contribution in [0.25, 0.3) is 0 Å². The van der Waals surface area contributed by atoms with Crippen LogP contribution in [0.15, 0.2) is 0 Å². The maximum atomic E-state index is 10.8. The van der Waals surface area contributed by atoms with Crippen LogP contribution in [-0.4, -0.2) is 50.1 Å². The summed E-state index contributed by atoms with van der Waals surface area (Å²) in [6.07, 6.45) is -0.361. The Bertz CT molecular complexity index is 150. The molecule has 84 valence electrons. The minimum absolute atomic E-state index is 0.00972. The third kappa shape index (κ3) is 9.44. The molecule has 0 radical (unpaired) electrons. The lowest BCUT2D eigenvalue weighted by atomic mass is 10.4. The van der Waals surface area contributed by atoms with E-state index < -0.39 is 0 Å². The SMILES string of the molecule is CCOC(=O)COCCNCC(C)O. The molecule has 2 N–H and O–H groups in total. The maximum absolute atomic E-state index is 10.8. The van der Waals surface area contributed by atoms with Crippen molar-refractivity contribution < 1.29 is 19.4 Å². The van der Waals surface area contributed by atoms with Crippen LogP contribution in [0.5, 0.6) is 0 Å². The molecule has 0 aliphatic rings. The van der Waals surface area contributed by atoms with Crippen molar-refractivity contribution in [2.24, 2.45) is 0 Å². The third-order valence-corrected chi connectivity index (χ3v) is 1.39. The molecule has 0 saturated carbocycles. The molecule has 14 heavy (non-hydrogen) atoms. The summed E-state index contributed by atoms with van der Waals surface area (Å²) in [7, 11) is 0. The minimum atomic E-state index is -0.361. The van der Waals surface area contributed by atoms with Crippen molar-refractivity contribution in [3.63, 3.8) is 0 Å². The summed E-state index contributed by atoms with van der Waals surface area (Å²) in [4.78, 5) is 10.8. The standard InChI is InChI=1S/C9H19NO4/c1-3-14-9(12)7-13-5-4-10-6-8(2)11/h8,10-11H,3-7H2,1-2H3. The second-order valence-electron chi connectivity index (χ2n) is 2.91. The lowest BCUT2D eigenvalue weighted by molar-refractivity contribution is -0.148. The van der Waals surface area contributed by atoms with Gasteiger partial charge in [-0.25, -0.2) is 4.79 Å². The molecule has 0 aromatic heterocycles. The molecule has 1 unspecified atom stereocenters. The van der Waals surface area contributed by atoms with E-state index in [0.29, 0.717) is 26.3 Å². The van der Waals surface area contributed by atoms with Gasteiger partial charge in [0.2, 0.25) is 0 Å². The highest BCUT2D eigenvalue weighted by molar-refractivity contribution is 5.70. The average Bonchev–Trinajstić information content (AvgIpc) is 2.11. The zero-order valence-electron chi connectivity index (χ0n) is 8.78. The van der Waals surface area contributed by atoms with Crippen LogP contribution in [0, 0.1) is 0 Å². The van der Waals surface area contributed by atoms with Gasteiger partial charge in [0.05, 0.1) is 19.3 Å². The first-order valence-electron chi connectivity index (χ1n) is 4.79. The smallest absolute Gasteiger partial charge is 0.332 e. The molecule has 5 nitrogen and oxygen atoms in total. The molecule has 0 aromatic carbocycles. The Kier molecular flexibility index (Phi) is 8.51. The predicted molar refractivity (Wildman–Crippen MR) is 52.0 cm³/mol. The van der Waals surface area contributed by atoms with Crippen LogP contribution in [0.4, 0.5) is 0 Å². The summed E-state index contributed by atoms with van der Waals surface area (Å²) >= 11 is 0. The molecule has 0 spiro atoms. The summed E-state index contributed by atoms with van der Waals surface area (Å²) in [6.45, 7) is 5.40. The highest BCUT2D eigenvalue weighted by Crippen LogP contribution is 1.81. The van der Waals surface area contributed by atoms with Crippen LogP contribution in [0.3, 0.4) is 0 Å². The zero-order valence-corrected chi connectivity index (χ0v) is 8.78. The van der Waals surface area contributed by atoms with E-state index in [0.717, 1.165) is 0 Å². The Labute approximate surface area is 84.4 Å². The Morgan fingerprint density at radius 3 is 2.86 bits per heavy atom. The van der Waals surface area contributed by atoms with Crippen LogP contribution in [0.2, 0.25) is 0 Å². The third-order valence-electron chi connectivity index (χ3n) is 1.39. The lowest BCUT2D eigenvalue weighted by Crippen LogP contribution is -2.28. The quantitative estimate of drug-likeness (QED) is 0.414. The van der Waals surface area contributed by atoms with Gasteiger partial charge < -0.3 is 19.9 Å². The summed E-state index contributed by atoms with van der Waals surface area (Å²) in [5.74, 6) is -0.344. The Hall–Kier alpha value is -0.650. The van der Waals surface area contributed by atoms with Crippen LogP contribution in [0.1, 0.15) is 13.8 Å². The molecule has 0 aliphatic carbocycles. The van der Waals surface area contributed by atoms with Gasteiger partial charge in [-0.15, -0.1) is 0 Å². The highest BCUT2D eigenvalue weighted by atomic mass is 16.6. The van der Waals surface area contributed by atoms with Crippen molar-refractivity contribution in [1.29, 1.82) is 0 Å². The van der Waals surface area contributed by atoms with E-state index in [4.69, 9.17) is 9.84 Å². The van der Waals surface area contributed by atoms with Gasteiger partial charge in [0.25, 0.3) is 0 Å². The number of hydrogen-bond acceptors (Lipinski definition) is 5. The first-order chi connectivity index (χ1) is 6.66. The van der Waals surface area contributed by atoms with Gasteiger partial charge in [-0.05, 0) is 13.8 Å². The maximum Gasteiger partial charge on any atom is 0.332 e. The van der Waals surface area contributed by atoms with Gasteiger partial charge in [-0.3, -0.25) is 0 Å². The Morgan fingerprint density at radius 2 is 2.29 bits per heavy atom. The van der Waals surface area contributed by atoms with Gasteiger partial charge in [0.1, 0.15) is 6.61 Å². The fraction of sp³-hybridized carbons (Fsp3) is 0.889. The second kappa shape index (κ2) is 8.93. The molecule has 0 rings (SSSR count). The monoisotopic (exact) mass is 205 g/mol. The summed E-state index contributed by atoms with van der Waals surface area (Å²) in [6, 6.07) is 0. The van der Waals surface area contributed by atoms with E-state index in [1.165, 1.54) is 0 Å². The summed E-state index contributed by atoms with van der Waals surface area (Å²) in [5, 5.41) is 11.9. The molecule has 0 amide bonds. The van der Waals surface area contributed by atoms with Crippen molar-refractivity contribution >= 4 is 5.97 Å². The minimum Gasteiger partial charge on any atom is -0.464 e. The molecule has 0 bridgehead atoms. The van der Waals surface area contributed by atoms with Crippen molar-refractivity contribution in [3.05, 3.63) is 0 Å². The number of carbonyl (C=O) groups is 1. The number of aliphatic hydroxyl groups excluding tert-OH is 1. The molecule has 0 heterocycles. The normalized spacial score (nSPS) is 12.5. The number of esters is 1. The van der Waals surface area contributed by atoms with Gasteiger partial charge in [0, 0.05) is 13.1 Å². The number of ether oxygens (including phenoxy) is 2. The lowest BCUT2D eigenvalue weighted by Gasteiger charge is -2.07. The average molecular weight is 205 g/mol. The van der Waals surface area contributed by atoms with E-state index >= 15 is 0 Å². The van der Waals surface area contributed by atoms with E-state index in [1.54, 1.807) is 13.8 Å². The van der Waals surface area contributed by atoms with Crippen molar-refractivity contribution in [1.82, 2.24) is 5.32 Å². The molecule has 0 aromatic rings. The fourth-order valence-electron chi connectivity index (χ4n) is 0.813. The predicted octanol–water partition coefficient (Wildman–Crippen LogP) is -0.463. The molecular formula is C9H19NO4. The van der Waals surface area contributed by atoms with Crippen LogP contribution in [-0.2, 0) is 14.3 Å². The fourth-order valence-corrected chi connectivity index (χ4v) is 0.813. The van der Waals surface area contributed by atoms with Crippen molar-refractivity contribution in [3.8, 4) is 0 Å². The Morgan fingerprint density at radius 1 is 1.57 bits per heavy atom. The number of aliphatic hydroxyl groups is 1. The van der Waals surface area contributed by atoms with Gasteiger partial charge >= 0.3 is 5.97 Å². The van der Waals surface area contributed by atoms with E-state index in [-0.39, 0.29) is 18.7 Å². The van der Waals surface area contributed by atoms with Gasteiger partial charge in [0.15, 0.2) is 0 Å². The first-order valence-corrected chi connectivity index (χ1v) is 4.79. The molecule has 0 fully saturated rings. The summed E-state index contributed by atoms with van der Waals surface area (Å²) in [5.41, 5.74) is 0. The number of hydrogen-bond donors (Lipinski definition) is 2. The van der Waals surface area contributed by atoms with E-state index in [9.17, 15) is 4.79 Å².